The van der Waals surface area contributed by atoms with Gasteiger partial charge in [-0.2, -0.15) is 0 Å². The summed E-state index contributed by atoms with van der Waals surface area (Å²) in [5.74, 6) is -1.77. The Labute approximate surface area is 156 Å². The van der Waals surface area contributed by atoms with Crippen LogP contribution in [0.4, 0.5) is 0 Å². The van der Waals surface area contributed by atoms with E-state index < -0.39 is 26.2 Å². The highest BCUT2D eigenvalue weighted by Crippen LogP contribution is 2.39. The molecule has 1 unspecified atom stereocenters. The zero-order chi connectivity index (χ0) is 19.2. The lowest BCUT2D eigenvalue weighted by atomic mass is 9.89. The van der Waals surface area contributed by atoms with Gasteiger partial charge in [0.15, 0.2) is 6.29 Å². The predicted molar refractivity (Wildman–Crippen MR) is 102 cm³/mol. The van der Waals surface area contributed by atoms with E-state index in [1.54, 1.807) is 0 Å². The normalized spacial score (nSPS) is 24.2. The topological polar surface area (TPSA) is 72.8 Å². The molecule has 1 aromatic rings. The van der Waals surface area contributed by atoms with E-state index >= 15 is 0 Å². The molecule has 26 heavy (non-hydrogen) atoms. The molecule has 0 bridgehead atoms. The molecule has 4 atom stereocenters. The zero-order valence-electron chi connectivity index (χ0n) is 15.9. The summed E-state index contributed by atoms with van der Waals surface area (Å²) < 4.78 is 11.0. The van der Waals surface area contributed by atoms with E-state index in [1.807, 2.05) is 30.3 Å². The first kappa shape index (κ1) is 20.8. The monoisotopic (exact) mass is 378 g/mol. The minimum atomic E-state index is -1.28. The van der Waals surface area contributed by atoms with Gasteiger partial charge in [-0.15, -0.1) is 0 Å². The van der Waals surface area contributed by atoms with Crippen molar-refractivity contribution in [3.8, 4) is 0 Å². The minimum absolute atomic E-state index is 0.196. The smallest absolute Gasteiger partial charge is 0.309 e. The van der Waals surface area contributed by atoms with Gasteiger partial charge in [-0.25, -0.2) is 0 Å². The number of rotatable bonds is 9. The number of aliphatic hydroxyl groups excluding tert-OH is 1. The van der Waals surface area contributed by atoms with Crippen LogP contribution in [0.2, 0.25) is 25.7 Å². The van der Waals surface area contributed by atoms with Crippen molar-refractivity contribution in [2.24, 2.45) is 17.8 Å². The van der Waals surface area contributed by atoms with Crippen LogP contribution in [0.5, 0.6) is 0 Å². The van der Waals surface area contributed by atoms with Gasteiger partial charge in [-0.05, 0) is 24.4 Å². The minimum Gasteiger partial charge on any atom is -0.461 e. The van der Waals surface area contributed by atoms with Crippen molar-refractivity contribution < 1.29 is 24.2 Å². The Balaban J connectivity index is 1.94. The summed E-state index contributed by atoms with van der Waals surface area (Å²) in [6.07, 6.45) is 0.836. The molecule has 1 N–H and O–H groups in total. The second-order valence-electron chi connectivity index (χ2n) is 8.23. The third-order valence-electron chi connectivity index (χ3n) is 4.94. The quantitative estimate of drug-likeness (QED) is 0.309. The molecule has 0 radical (unpaired) electrons. The van der Waals surface area contributed by atoms with Crippen LogP contribution in [0.25, 0.3) is 0 Å². The van der Waals surface area contributed by atoms with Crippen LogP contribution in [0.15, 0.2) is 30.3 Å². The van der Waals surface area contributed by atoms with Gasteiger partial charge in [0.25, 0.3) is 0 Å². The van der Waals surface area contributed by atoms with Crippen LogP contribution in [0.3, 0.4) is 0 Å². The van der Waals surface area contributed by atoms with Gasteiger partial charge >= 0.3 is 5.97 Å². The van der Waals surface area contributed by atoms with Crippen LogP contribution in [-0.4, -0.2) is 38.3 Å². The molecular formula is C20H30O5Si. The van der Waals surface area contributed by atoms with Crippen LogP contribution in [0, 0.1) is 17.8 Å². The highest BCUT2D eigenvalue weighted by Gasteiger charge is 2.45. The number of aliphatic hydroxyl groups is 1. The van der Waals surface area contributed by atoms with Crippen molar-refractivity contribution in [3.63, 3.8) is 0 Å². The molecule has 144 valence electrons. The number of ether oxygens (including phenoxy) is 2. The van der Waals surface area contributed by atoms with E-state index in [0.717, 1.165) is 17.9 Å². The molecular weight excluding hydrogens is 348 g/mol. The molecule has 1 aliphatic rings. The van der Waals surface area contributed by atoms with E-state index in [2.05, 4.69) is 19.6 Å². The zero-order valence-corrected chi connectivity index (χ0v) is 16.9. The first-order valence-corrected chi connectivity index (χ1v) is 13.0. The Hall–Kier alpha value is -1.50. The average Bonchev–Trinajstić information content (AvgIpc) is 3.03. The molecule has 0 saturated heterocycles. The Kier molecular flexibility index (Phi) is 7.55. The van der Waals surface area contributed by atoms with E-state index in [4.69, 9.17) is 9.47 Å². The second kappa shape index (κ2) is 9.44. The maximum atomic E-state index is 12.5. The number of hydrogen-bond acceptors (Lipinski definition) is 5. The van der Waals surface area contributed by atoms with Crippen LogP contribution in [-0.2, 0) is 25.7 Å². The predicted octanol–water partition coefficient (Wildman–Crippen LogP) is 3.24. The number of carbonyl (C=O) groups is 2. The van der Waals surface area contributed by atoms with Crippen molar-refractivity contribution in [2.75, 3.05) is 6.61 Å². The molecule has 0 heterocycles. The van der Waals surface area contributed by atoms with E-state index in [9.17, 15) is 14.7 Å². The summed E-state index contributed by atoms with van der Waals surface area (Å²) in [5.41, 5.74) is 0.911. The van der Waals surface area contributed by atoms with Gasteiger partial charge in [-0.1, -0.05) is 50.0 Å². The third kappa shape index (κ3) is 6.04. The lowest BCUT2D eigenvalue weighted by molar-refractivity contribution is -0.171. The van der Waals surface area contributed by atoms with Gasteiger partial charge < -0.3 is 19.4 Å². The Bertz CT molecular complexity index is 584. The number of esters is 1. The number of benzene rings is 1. The standard InChI is InChI=1S/C20H30O5Si/c1-26(2,3)12-11-24-20(23)18-16(13-21)9-10-17(18)19(22)25-14-15-7-5-4-6-8-15/h4-8,13,16-18,20,23H,9-12,14H2,1-3H3/t16-,17-,18-,20?/m0/s1. The van der Waals surface area contributed by atoms with Gasteiger partial charge in [0.2, 0.25) is 0 Å². The number of aldehydes is 1. The molecule has 6 heteroatoms. The molecule has 0 amide bonds. The van der Waals surface area contributed by atoms with Crippen molar-refractivity contribution in [3.05, 3.63) is 35.9 Å². The summed E-state index contributed by atoms with van der Waals surface area (Å²) >= 11 is 0. The molecule has 5 nitrogen and oxygen atoms in total. The summed E-state index contributed by atoms with van der Waals surface area (Å²) in [4.78, 5) is 23.9. The van der Waals surface area contributed by atoms with E-state index in [1.165, 1.54) is 0 Å². The highest BCUT2D eigenvalue weighted by atomic mass is 28.3. The fourth-order valence-electron chi connectivity index (χ4n) is 3.33. The summed E-state index contributed by atoms with van der Waals surface area (Å²) in [7, 11) is -1.28. The van der Waals surface area contributed by atoms with Crippen LogP contribution in [0.1, 0.15) is 18.4 Å². The SMILES string of the molecule is C[Si](C)(C)CCOC(O)[C@H]1[C@H](C=O)CC[C@@H]1C(=O)OCc1ccccc1. The Morgan fingerprint density at radius 2 is 1.96 bits per heavy atom. The molecule has 0 aromatic heterocycles. The summed E-state index contributed by atoms with van der Waals surface area (Å²) in [6.45, 7) is 7.34. The molecule has 0 spiro atoms. The number of hydrogen-bond donors (Lipinski definition) is 1. The first-order chi connectivity index (χ1) is 12.3. The van der Waals surface area contributed by atoms with Crippen LogP contribution >= 0.6 is 0 Å². The largest absolute Gasteiger partial charge is 0.461 e. The van der Waals surface area contributed by atoms with E-state index in [0.29, 0.717) is 19.4 Å². The van der Waals surface area contributed by atoms with Crippen molar-refractivity contribution in [2.45, 2.75) is 51.4 Å². The summed E-state index contributed by atoms with van der Waals surface area (Å²) in [6, 6.07) is 10.4. The van der Waals surface area contributed by atoms with Gasteiger partial charge in [0.05, 0.1) is 5.92 Å². The molecule has 1 fully saturated rings. The number of carbonyl (C=O) groups excluding carboxylic acids is 2. The van der Waals surface area contributed by atoms with Crippen molar-refractivity contribution >= 4 is 20.3 Å². The maximum Gasteiger partial charge on any atom is 0.309 e. The Morgan fingerprint density at radius 1 is 1.27 bits per heavy atom. The van der Waals surface area contributed by atoms with Gasteiger partial charge in [-0.3, -0.25) is 4.79 Å². The Morgan fingerprint density at radius 3 is 2.58 bits per heavy atom. The fourth-order valence-corrected chi connectivity index (χ4v) is 4.06. The molecule has 1 aliphatic carbocycles. The lowest BCUT2D eigenvalue weighted by Crippen LogP contribution is -2.36. The molecule has 1 saturated carbocycles. The maximum absolute atomic E-state index is 12.5. The first-order valence-electron chi connectivity index (χ1n) is 9.27. The molecule has 0 aliphatic heterocycles. The van der Waals surface area contributed by atoms with Gasteiger partial charge in [0, 0.05) is 26.5 Å². The molecule has 2 rings (SSSR count). The third-order valence-corrected chi connectivity index (χ3v) is 6.65. The van der Waals surface area contributed by atoms with Gasteiger partial charge in [0.1, 0.15) is 12.9 Å². The average molecular weight is 379 g/mol. The van der Waals surface area contributed by atoms with Crippen molar-refractivity contribution in [1.82, 2.24) is 0 Å². The van der Waals surface area contributed by atoms with Crippen molar-refractivity contribution in [1.29, 1.82) is 0 Å². The second-order valence-corrected chi connectivity index (χ2v) is 13.8. The van der Waals surface area contributed by atoms with Crippen LogP contribution < -0.4 is 0 Å². The fraction of sp³-hybridized carbons (Fsp3) is 0.600. The summed E-state index contributed by atoms with van der Waals surface area (Å²) in [5, 5.41) is 10.5. The lowest BCUT2D eigenvalue weighted by Gasteiger charge is -2.27. The van der Waals surface area contributed by atoms with E-state index in [-0.39, 0.29) is 18.5 Å². The molecule has 1 aromatic carbocycles. The highest BCUT2D eigenvalue weighted by molar-refractivity contribution is 6.76.